The Morgan fingerprint density at radius 2 is 2.11 bits per heavy atom. The van der Waals surface area contributed by atoms with Crippen LogP contribution in [0, 0.1) is 0 Å². The largest absolute Gasteiger partial charge is 0.332 e. The van der Waals surface area contributed by atoms with Crippen molar-refractivity contribution in [2.24, 2.45) is 0 Å². The van der Waals surface area contributed by atoms with Crippen LogP contribution < -0.4 is 0 Å². The summed E-state index contributed by atoms with van der Waals surface area (Å²) >= 11 is 0. The fourth-order valence-corrected chi connectivity index (χ4v) is 2.72. The monoisotopic (exact) mass is 252 g/mol. The number of amides is 1. The van der Waals surface area contributed by atoms with Gasteiger partial charge in [0.2, 0.25) is 6.41 Å². The maximum atomic E-state index is 11.2. The number of fused-ring (bicyclic) bond motifs is 1. The average Bonchev–Trinajstić information content (AvgIpc) is 2.70. The summed E-state index contributed by atoms with van der Waals surface area (Å²) in [6.07, 6.45) is 2.73. The molecule has 1 aliphatic rings. The maximum Gasteiger partial charge on any atom is 0.210 e. The number of nitrogens with zero attached hydrogens (tertiary/aromatic N) is 2. The Morgan fingerprint density at radius 1 is 1.26 bits per heavy atom. The van der Waals surface area contributed by atoms with Crippen molar-refractivity contribution in [1.29, 1.82) is 0 Å². The third kappa shape index (κ3) is 1.82. The number of hydrogen-bond donors (Lipinski definition) is 0. The molecule has 1 aliphatic heterocycles. The van der Waals surface area contributed by atoms with Crippen LogP contribution in [-0.2, 0) is 16.9 Å². The fourth-order valence-electron chi connectivity index (χ4n) is 2.72. The van der Waals surface area contributed by atoms with Gasteiger partial charge in [-0.05, 0) is 43.2 Å². The normalized spacial score (nSPS) is 16.2. The number of benzene rings is 1. The van der Waals surface area contributed by atoms with E-state index in [4.69, 9.17) is 0 Å². The van der Waals surface area contributed by atoms with E-state index in [1.165, 1.54) is 11.1 Å². The molecule has 0 saturated heterocycles. The quantitative estimate of drug-likeness (QED) is 0.770. The van der Waals surface area contributed by atoms with Gasteiger partial charge in [-0.25, -0.2) is 0 Å². The van der Waals surface area contributed by atoms with Gasteiger partial charge in [-0.15, -0.1) is 0 Å². The molecule has 3 rings (SSSR count). The lowest BCUT2D eigenvalue weighted by Gasteiger charge is -2.28. The Kier molecular flexibility index (Phi) is 2.63. The molecule has 0 radical (unpaired) electrons. The first-order valence-corrected chi connectivity index (χ1v) is 6.40. The third-order valence-electron chi connectivity index (χ3n) is 3.91. The molecular weight excluding hydrogens is 236 g/mol. The summed E-state index contributed by atoms with van der Waals surface area (Å²) in [5.74, 6) is 0. The first kappa shape index (κ1) is 11.9. The zero-order valence-electron chi connectivity index (χ0n) is 11.1. The minimum Gasteiger partial charge on any atom is -0.332 e. The Morgan fingerprint density at radius 3 is 2.79 bits per heavy atom. The van der Waals surface area contributed by atoms with E-state index in [2.05, 4.69) is 37.0 Å². The smallest absolute Gasteiger partial charge is 0.210 e. The molecule has 2 heterocycles. The summed E-state index contributed by atoms with van der Waals surface area (Å²) in [7, 11) is 0. The highest BCUT2D eigenvalue weighted by atomic mass is 16.1. The Bertz CT molecular complexity index is 620. The molecule has 0 saturated carbocycles. The van der Waals surface area contributed by atoms with Crippen molar-refractivity contribution in [1.82, 2.24) is 9.88 Å². The Balaban J connectivity index is 2.07. The van der Waals surface area contributed by atoms with Crippen LogP contribution in [0.3, 0.4) is 0 Å². The molecule has 1 aromatic carbocycles. The molecule has 3 heteroatoms. The van der Waals surface area contributed by atoms with Crippen LogP contribution in [0.15, 0.2) is 42.6 Å². The molecule has 96 valence electrons. The molecule has 0 spiro atoms. The SMILES string of the molecule is CC1(C)c2ccc(-c3ccccn3)cc2CN1C=O. The minimum absolute atomic E-state index is 0.222. The van der Waals surface area contributed by atoms with E-state index in [0.29, 0.717) is 6.54 Å². The highest BCUT2D eigenvalue weighted by Crippen LogP contribution is 2.39. The van der Waals surface area contributed by atoms with E-state index < -0.39 is 0 Å². The van der Waals surface area contributed by atoms with Gasteiger partial charge in [0.25, 0.3) is 0 Å². The van der Waals surface area contributed by atoms with Crippen LogP contribution >= 0.6 is 0 Å². The second kappa shape index (κ2) is 4.19. The summed E-state index contributed by atoms with van der Waals surface area (Å²) in [4.78, 5) is 17.4. The second-order valence-corrected chi connectivity index (χ2v) is 5.38. The predicted octanol–water partition coefficient (Wildman–Crippen LogP) is 2.96. The molecule has 0 fully saturated rings. The summed E-state index contributed by atoms with van der Waals surface area (Å²) in [5.41, 5.74) is 4.27. The van der Waals surface area contributed by atoms with Gasteiger partial charge >= 0.3 is 0 Å². The van der Waals surface area contributed by atoms with E-state index >= 15 is 0 Å². The molecule has 1 aromatic heterocycles. The van der Waals surface area contributed by atoms with Gasteiger partial charge in [0, 0.05) is 18.3 Å². The van der Waals surface area contributed by atoms with Gasteiger partial charge in [-0.2, -0.15) is 0 Å². The molecule has 0 unspecified atom stereocenters. The third-order valence-corrected chi connectivity index (χ3v) is 3.91. The zero-order valence-corrected chi connectivity index (χ0v) is 11.1. The number of aromatic nitrogens is 1. The molecule has 0 atom stereocenters. The number of pyridine rings is 1. The van der Waals surface area contributed by atoms with Crippen LogP contribution in [0.5, 0.6) is 0 Å². The summed E-state index contributed by atoms with van der Waals surface area (Å²) in [6.45, 7) is 4.83. The molecular formula is C16H16N2O. The van der Waals surface area contributed by atoms with Crippen LogP contribution in [-0.4, -0.2) is 16.3 Å². The van der Waals surface area contributed by atoms with Gasteiger partial charge in [-0.3, -0.25) is 9.78 Å². The van der Waals surface area contributed by atoms with Gasteiger partial charge in [0.05, 0.1) is 11.2 Å². The fraction of sp³-hybridized carbons (Fsp3) is 0.250. The Hall–Kier alpha value is -2.16. The van der Waals surface area contributed by atoms with Crippen LogP contribution in [0.1, 0.15) is 25.0 Å². The summed E-state index contributed by atoms with van der Waals surface area (Å²) < 4.78 is 0. The summed E-state index contributed by atoms with van der Waals surface area (Å²) in [6, 6.07) is 12.2. The number of carbonyl (C=O) groups excluding carboxylic acids is 1. The van der Waals surface area contributed by atoms with Crippen molar-refractivity contribution in [3.05, 3.63) is 53.7 Å². The number of rotatable bonds is 2. The lowest BCUT2D eigenvalue weighted by molar-refractivity contribution is -0.122. The van der Waals surface area contributed by atoms with Crippen molar-refractivity contribution < 1.29 is 4.79 Å². The molecule has 19 heavy (non-hydrogen) atoms. The van der Waals surface area contributed by atoms with Gasteiger partial charge in [0.15, 0.2) is 0 Å². The predicted molar refractivity (Wildman–Crippen MR) is 74.3 cm³/mol. The first-order valence-electron chi connectivity index (χ1n) is 6.40. The molecule has 0 N–H and O–H groups in total. The first-order chi connectivity index (χ1) is 9.13. The van der Waals surface area contributed by atoms with E-state index in [0.717, 1.165) is 17.7 Å². The summed E-state index contributed by atoms with van der Waals surface area (Å²) in [5, 5.41) is 0. The van der Waals surface area contributed by atoms with Gasteiger partial charge < -0.3 is 4.90 Å². The van der Waals surface area contributed by atoms with Crippen molar-refractivity contribution >= 4 is 6.41 Å². The van der Waals surface area contributed by atoms with E-state index in [1.807, 2.05) is 23.1 Å². The van der Waals surface area contributed by atoms with Crippen molar-refractivity contribution in [3.8, 4) is 11.3 Å². The van der Waals surface area contributed by atoms with Gasteiger partial charge in [-0.1, -0.05) is 18.2 Å². The second-order valence-electron chi connectivity index (χ2n) is 5.38. The molecule has 2 aromatic rings. The van der Waals surface area contributed by atoms with Crippen molar-refractivity contribution in [2.75, 3.05) is 0 Å². The molecule has 0 aliphatic carbocycles. The average molecular weight is 252 g/mol. The number of hydrogen-bond acceptors (Lipinski definition) is 2. The standard InChI is InChI=1S/C16H16N2O/c1-16(2)14-7-6-12(15-5-3-4-8-17-15)9-13(14)10-18(16)11-19/h3-9,11H,10H2,1-2H3. The topological polar surface area (TPSA) is 33.2 Å². The maximum absolute atomic E-state index is 11.2. The molecule has 3 nitrogen and oxygen atoms in total. The molecule has 0 bridgehead atoms. The van der Waals surface area contributed by atoms with E-state index in [1.54, 1.807) is 6.20 Å². The van der Waals surface area contributed by atoms with E-state index in [-0.39, 0.29) is 5.54 Å². The highest BCUT2D eigenvalue weighted by molar-refractivity contribution is 5.64. The molecule has 1 amide bonds. The van der Waals surface area contributed by atoms with Crippen LogP contribution in [0.2, 0.25) is 0 Å². The lowest BCUT2D eigenvalue weighted by atomic mass is 9.92. The minimum atomic E-state index is -0.222. The van der Waals surface area contributed by atoms with Crippen LogP contribution in [0.4, 0.5) is 0 Å². The highest BCUT2D eigenvalue weighted by Gasteiger charge is 2.36. The zero-order chi connectivity index (χ0) is 13.5. The lowest BCUT2D eigenvalue weighted by Crippen LogP contribution is -2.33. The van der Waals surface area contributed by atoms with Crippen molar-refractivity contribution in [3.63, 3.8) is 0 Å². The Labute approximate surface area is 112 Å². The number of carbonyl (C=O) groups is 1. The van der Waals surface area contributed by atoms with Crippen LogP contribution in [0.25, 0.3) is 11.3 Å². The van der Waals surface area contributed by atoms with E-state index in [9.17, 15) is 4.79 Å². The van der Waals surface area contributed by atoms with Gasteiger partial charge in [0.1, 0.15) is 0 Å². The van der Waals surface area contributed by atoms with Crippen molar-refractivity contribution in [2.45, 2.75) is 25.9 Å².